The lowest BCUT2D eigenvalue weighted by molar-refractivity contribution is 0.0600. The number of pyridine rings is 1. The number of methoxy groups -OCH3 is 1. The normalized spacial score (nSPS) is 23.0. The predicted octanol–water partition coefficient (Wildman–Crippen LogP) is 2.15. The van der Waals surface area contributed by atoms with Crippen molar-refractivity contribution in [2.24, 2.45) is 5.92 Å². The summed E-state index contributed by atoms with van der Waals surface area (Å²) < 4.78 is 4.64. The zero-order valence-corrected chi connectivity index (χ0v) is 11.0. The van der Waals surface area contributed by atoms with Gasteiger partial charge in [-0.1, -0.05) is 13.3 Å². The molecule has 4 nitrogen and oxygen atoms in total. The van der Waals surface area contributed by atoms with Gasteiger partial charge >= 0.3 is 5.97 Å². The number of aromatic nitrogens is 1. The van der Waals surface area contributed by atoms with Crippen LogP contribution in [0.4, 0.5) is 0 Å². The lowest BCUT2D eigenvalue weighted by Gasteiger charge is -2.16. The third-order valence-electron chi connectivity index (χ3n) is 3.65. The van der Waals surface area contributed by atoms with E-state index >= 15 is 0 Å². The molecular formula is C14H20N2O2. The Morgan fingerprint density at radius 2 is 2.33 bits per heavy atom. The van der Waals surface area contributed by atoms with E-state index in [0.29, 0.717) is 11.6 Å². The van der Waals surface area contributed by atoms with Crippen LogP contribution in [0.25, 0.3) is 0 Å². The van der Waals surface area contributed by atoms with E-state index in [1.165, 1.54) is 26.4 Å². The molecule has 2 unspecified atom stereocenters. The molecule has 1 aromatic rings. The maximum Gasteiger partial charge on any atom is 0.339 e. The smallest absolute Gasteiger partial charge is 0.339 e. The molecule has 0 aromatic carbocycles. The number of nitrogens with zero attached hydrogens (tertiary/aromatic N) is 1. The zero-order chi connectivity index (χ0) is 13.0. The van der Waals surface area contributed by atoms with Crippen LogP contribution in [0.2, 0.25) is 0 Å². The van der Waals surface area contributed by atoms with Crippen molar-refractivity contribution in [1.82, 2.24) is 10.3 Å². The summed E-state index contributed by atoms with van der Waals surface area (Å²) in [6.45, 7) is 3.05. The third kappa shape index (κ3) is 3.07. The van der Waals surface area contributed by atoms with Crippen molar-refractivity contribution >= 4 is 5.97 Å². The van der Waals surface area contributed by atoms with Gasteiger partial charge in [-0.3, -0.25) is 4.98 Å². The molecule has 1 N–H and O–H groups in total. The second-order valence-electron chi connectivity index (χ2n) is 4.93. The molecule has 0 spiro atoms. The Bertz CT molecular complexity index is 403. The first-order chi connectivity index (χ1) is 8.70. The van der Waals surface area contributed by atoms with Gasteiger partial charge < -0.3 is 10.1 Å². The van der Waals surface area contributed by atoms with Crippen molar-refractivity contribution in [2.75, 3.05) is 7.11 Å². The summed E-state index contributed by atoms with van der Waals surface area (Å²) >= 11 is 0. The Kier molecular flexibility index (Phi) is 4.31. The molecule has 1 heterocycles. The average molecular weight is 248 g/mol. The van der Waals surface area contributed by atoms with E-state index in [4.69, 9.17) is 0 Å². The highest BCUT2D eigenvalue weighted by Gasteiger charge is 2.22. The Hall–Kier alpha value is -1.42. The van der Waals surface area contributed by atoms with E-state index in [1.54, 1.807) is 12.3 Å². The highest BCUT2D eigenvalue weighted by molar-refractivity contribution is 5.88. The van der Waals surface area contributed by atoms with E-state index < -0.39 is 0 Å². The summed E-state index contributed by atoms with van der Waals surface area (Å²) in [7, 11) is 1.37. The van der Waals surface area contributed by atoms with Crippen molar-refractivity contribution in [3.05, 3.63) is 29.6 Å². The minimum atomic E-state index is -0.341. The number of rotatable bonds is 4. The number of esters is 1. The Labute approximate surface area is 108 Å². The summed E-state index contributed by atoms with van der Waals surface area (Å²) in [4.78, 5) is 15.5. The number of nitrogens with one attached hydrogen (secondary N) is 1. The average Bonchev–Trinajstić information content (AvgIpc) is 2.81. The molecular weight excluding hydrogens is 228 g/mol. The van der Waals surface area contributed by atoms with Crippen LogP contribution in [0.3, 0.4) is 0 Å². The number of hydrogen-bond acceptors (Lipinski definition) is 4. The molecule has 1 aromatic heterocycles. The van der Waals surface area contributed by atoms with Crippen LogP contribution in [-0.4, -0.2) is 24.1 Å². The minimum Gasteiger partial charge on any atom is -0.465 e. The lowest BCUT2D eigenvalue weighted by Crippen LogP contribution is -2.30. The summed E-state index contributed by atoms with van der Waals surface area (Å²) in [5, 5.41) is 3.53. The van der Waals surface area contributed by atoms with Gasteiger partial charge in [0.2, 0.25) is 0 Å². The molecule has 0 amide bonds. The maximum absolute atomic E-state index is 11.3. The van der Waals surface area contributed by atoms with Crippen LogP contribution in [-0.2, 0) is 11.3 Å². The number of carbonyl (C=O) groups is 1. The van der Waals surface area contributed by atoms with Crippen LogP contribution in [0.5, 0.6) is 0 Å². The van der Waals surface area contributed by atoms with Gasteiger partial charge in [-0.05, 0) is 30.9 Å². The fraction of sp³-hybridized carbons (Fsp3) is 0.571. The molecule has 1 fully saturated rings. The summed E-state index contributed by atoms with van der Waals surface area (Å²) in [5.41, 5.74) is 1.46. The van der Waals surface area contributed by atoms with Crippen LogP contribution in [0.15, 0.2) is 18.3 Å². The van der Waals surface area contributed by atoms with Gasteiger partial charge in [0, 0.05) is 18.8 Å². The summed E-state index contributed by atoms with van der Waals surface area (Å²) in [6.07, 6.45) is 5.45. The molecule has 0 saturated heterocycles. The first kappa shape index (κ1) is 13.0. The molecule has 0 aliphatic heterocycles. The van der Waals surface area contributed by atoms with E-state index in [-0.39, 0.29) is 5.97 Å². The van der Waals surface area contributed by atoms with E-state index in [2.05, 4.69) is 22.0 Å². The van der Waals surface area contributed by atoms with Crippen molar-refractivity contribution in [2.45, 2.75) is 38.8 Å². The van der Waals surface area contributed by atoms with Crippen molar-refractivity contribution in [3.63, 3.8) is 0 Å². The molecule has 1 aliphatic carbocycles. The van der Waals surface area contributed by atoms with Crippen LogP contribution >= 0.6 is 0 Å². The number of ether oxygens (including phenoxy) is 1. The molecule has 2 atom stereocenters. The third-order valence-corrected chi connectivity index (χ3v) is 3.65. The second-order valence-corrected chi connectivity index (χ2v) is 4.93. The van der Waals surface area contributed by atoms with Gasteiger partial charge in [-0.25, -0.2) is 4.79 Å². The first-order valence-electron chi connectivity index (χ1n) is 6.47. The molecule has 1 saturated carbocycles. The quantitative estimate of drug-likeness (QED) is 0.829. The molecule has 18 heavy (non-hydrogen) atoms. The van der Waals surface area contributed by atoms with Crippen LogP contribution in [0, 0.1) is 5.92 Å². The predicted molar refractivity (Wildman–Crippen MR) is 69.2 cm³/mol. The minimum absolute atomic E-state index is 0.341. The van der Waals surface area contributed by atoms with E-state index in [0.717, 1.165) is 18.2 Å². The van der Waals surface area contributed by atoms with Gasteiger partial charge in [-0.2, -0.15) is 0 Å². The summed E-state index contributed by atoms with van der Waals surface area (Å²) in [6, 6.07) is 4.24. The van der Waals surface area contributed by atoms with Crippen molar-refractivity contribution in [3.8, 4) is 0 Å². The van der Waals surface area contributed by atoms with Crippen LogP contribution < -0.4 is 5.32 Å². The fourth-order valence-corrected chi connectivity index (χ4v) is 2.45. The molecule has 0 bridgehead atoms. The Morgan fingerprint density at radius 3 is 2.89 bits per heavy atom. The molecule has 4 heteroatoms. The summed E-state index contributed by atoms with van der Waals surface area (Å²) in [5.74, 6) is 0.408. The van der Waals surface area contributed by atoms with Crippen molar-refractivity contribution < 1.29 is 9.53 Å². The highest BCUT2D eigenvalue weighted by atomic mass is 16.5. The largest absolute Gasteiger partial charge is 0.465 e. The van der Waals surface area contributed by atoms with Gasteiger partial charge in [-0.15, -0.1) is 0 Å². The van der Waals surface area contributed by atoms with Crippen LogP contribution in [0.1, 0.15) is 42.2 Å². The monoisotopic (exact) mass is 248 g/mol. The molecule has 98 valence electrons. The highest BCUT2D eigenvalue weighted by Crippen LogP contribution is 2.24. The fourth-order valence-electron chi connectivity index (χ4n) is 2.45. The SMILES string of the molecule is COC(=O)c1ccc(CNC2CCCC2C)nc1. The lowest BCUT2D eigenvalue weighted by atomic mass is 10.1. The van der Waals surface area contributed by atoms with E-state index in [1.807, 2.05) is 6.07 Å². The Morgan fingerprint density at radius 1 is 1.50 bits per heavy atom. The van der Waals surface area contributed by atoms with Gasteiger partial charge in [0.15, 0.2) is 0 Å². The topological polar surface area (TPSA) is 51.2 Å². The standard InChI is InChI=1S/C14H20N2O2/c1-10-4-3-5-13(10)16-9-12-7-6-11(8-15-12)14(17)18-2/h6-8,10,13,16H,3-5,9H2,1-2H3. The van der Waals surface area contributed by atoms with Gasteiger partial charge in [0.1, 0.15) is 0 Å². The van der Waals surface area contributed by atoms with Gasteiger partial charge in [0.05, 0.1) is 18.4 Å². The second kappa shape index (κ2) is 5.96. The number of carbonyl (C=O) groups excluding carboxylic acids is 1. The van der Waals surface area contributed by atoms with E-state index in [9.17, 15) is 4.79 Å². The molecule has 1 aliphatic rings. The maximum atomic E-state index is 11.3. The molecule has 0 radical (unpaired) electrons. The molecule has 2 rings (SSSR count). The number of hydrogen-bond donors (Lipinski definition) is 1. The van der Waals surface area contributed by atoms with Crippen molar-refractivity contribution in [1.29, 1.82) is 0 Å². The zero-order valence-electron chi connectivity index (χ0n) is 11.0. The first-order valence-corrected chi connectivity index (χ1v) is 6.47. The Balaban J connectivity index is 1.88. The van der Waals surface area contributed by atoms with Gasteiger partial charge in [0.25, 0.3) is 0 Å².